The lowest BCUT2D eigenvalue weighted by atomic mass is 10.1. The summed E-state index contributed by atoms with van der Waals surface area (Å²) in [4.78, 5) is 8.81. The molecule has 0 bridgehead atoms. The third kappa shape index (κ3) is 1.98. The smallest absolute Gasteiger partial charge is 0.226 e. The van der Waals surface area contributed by atoms with Gasteiger partial charge in [0.05, 0.1) is 11.6 Å². The minimum Gasteiger partial charge on any atom is -0.367 e. The van der Waals surface area contributed by atoms with E-state index in [1.807, 2.05) is 7.05 Å². The number of rotatable bonds is 3. The fourth-order valence-electron chi connectivity index (χ4n) is 2.59. The molecule has 0 aliphatic heterocycles. The molecule has 2 atom stereocenters. The molecule has 0 spiro atoms. The number of H-pyrrole nitrogens is 1. The van der Waals surface area contributed by atoms with Crippen LogP contribution in [0, 0.1) is 5.92 Å². The van der Waals surface area contributed by atoms with Gasteiger partial charge in [-0.25, -0.2) is 0 Å². The van der Waals surface area contributed by atoms with Gasteiger partial charge in [0.2, 0.25) is 5.95 Å². The molecule has 0 aromatic carbocycles. The Bertz CT molecular complexity index is 548. The molecule has 1 fully saturated rings. The van der Waals surface area contributed by atoms with Crippen LogP contribution in [0.1, 0.15) is 26.2 Å². The molecule has 1 aliphatic carbocycles. The lowest BCUT2D eigenvalue weighted by molar-refractivity contribution is 0.602. The third-order valence-electron chi connectivity index (χ3n) is 3.57. The Labute approximate surface area is 106 Å². The highest BCUT2D eigenvalue weighted by molar-refractivity contribution is 5.87. The Kier molecular flexibility index (Phi) is 2.77. The normalized spacial score (nSPS) is 23.4. The molecule has 18 heavy (non-hydrogen) atoms. The topological polar surface area (TPSA) is 78.5 Å². The Morgan fingerprint density at radius 3 is 2.94 bits per heavy atom. The lowest BCUT2D eigenvalue weighted by Crippen LogP contribution is -2.17. The van der Waals surface area contributed by atoms with Crippen molar-refractivity contribution < 1.29 is 0 Å². The number of aromatic amines is 1. The van der Waals surface area contributed by atoms with E-state index in [0.717, 1.165) is 22.8 Å². The molecule has 0 amide bonds. The largest absolute Gasteiger partial charge is 0.367 e. The zero-order chi connectivity index (χ0) is 12.5. The molecule has 6 nitrogen and oxygen atoms in total. The highest BCUT2D eigenvalue weighted by atomic mass is 15.2. The van der Waals surface area contributed by atoms with Gasteiger partial charge in [-0.2, -0.15) is 15.1 Å². The van der Waals surface area contributed by atoms with E-state index in [9.17, 15) is 0 Å². The van der Waals surface area contributed by atoms with Gasteiger partial charge in [-0.3, -0.25) is 5.10 Å². The zero-order valence-electron chi connectivity index (χ0n) is 10.7. The third-order valence-corrected chi connectivity index (χ3v) is 3.57. The van der Waals surface area contributed by atoms with Crippen LogP contribution in [0.3, 0.4) is 0 Å². The quantitative estimate of drug-likeness (QED) is 0.772. The number of nitrogens with zero attached hydrogens (tertiary/aromatic N) is 3. The highest BCUT2D eigenvalue weighted by Crippen LogP contribution is 2.29. The van der Waals surface area contributed by atoms with Gasteiger partial charge in [0.1, 0.15) is 5.82 Å². The SMILES string of the molecule is CNc1nc(NC2CCC(C)C2)c2cn[nH]c2n1. The van der Waals surface area contributed by atoms with Crippen LogP contribution in [-0.2, 0) is 0 Å². The summed E-state index contributed by atoms with van der Waals surface area (Å²) < 4.78 is 0. The Balaban J connectivity index is 1.92. The van der Waals surface area contributed by atoms with Gasteiger partial charge in [0, 0.05) is 13.1 Å². The molecule has 3 N–H and O–H groups in total. The standard InChI is InChI=1S/C12H18N6/c1-7-3-4-8(5-7)15-10-9-6-14-18-11(9)17-12(13-2)16-10/h6-8H,3-5H2,1-2H3,(H3,13,14,15,16,17,18). The molecule has 2 aromatic heterocycles. The number of anilines is 2. The molecular weight excluding hydrogens is 228 g/mol. The van der Waals surface area contributed by atoms with E-state index < -0.39 is 0 Å². The van der Waals surface area contributed by atoms with Gasteiger partial charge in [0.25, 0.3) is 0 Å². The van der Waals surface area contributed by atoms with Crippen LogP contribution in [0.4, 0.5) is 11.8 Å². The first-order valence-electron chi connectivity index (χ1n) is 6.41. The van der Waals surface area contributed by atoms with E-state index in [1.54, 1.807) is 6.20 Å². The fourth-order valence-corrected chi connectivity index (χ4v) is 2.59. The fraction of sp³-hybridized carbons (Fsp3) is 0.583. The molecule has 1 aliphatic rings. The number of hydrogen-bond acceptors (Lipinski definition) is 5. The van der Waals surface area contributed by atoms with Crippen LogP contribution in [0.5, 0.6) is 0 Å². The Morgan fingerprint density at radius 1 is 1.33 bits per heavy atom. The number of aromatic nitrogens is 4. The predicted molar refractivity (Wildman–Crippen MR) is 71.7 cm³/mol. The van der Waals surface area contributed by atoms with Crippen molar-refractivity contribution in [2.24, 2.45) is 5.92 Å². The molecular formula is C12H18N6. The van der Waals surface area contributed by atoms with E-state index in [0.29, 0.717) is 12.0 Å². The van der Waals surface area contributed by atoms with Crippen molar-refractivity contribution in [3.8, 4) is 0 Å². The van der Waals surface area contributed by atoms with Gasteiger partial charge in [-0.15, -0.1) is 0 Å². The summed E-state index contributed by atoms with van der Waals surface area (Å²) in [5.41, 5.74) is 0.767. The van der Waals surface area contributed by atoms with Crippen LogP contribution in [0.2, 0.25) is 0 Å². The van der Waals surface area contributed by atoms with Gasteiger partial charge < -0.3 is 10.6 Å². The van der Waals surface area contributed by atoms with E-state index >= 15 is 0 Å². The first-order valence-corrected chi connectivity index (χ1v) is 6.41. The monoisotopic (exact) mass is 246 g/mol. The number of fused-ring (bicyclic) bond motifs is 1. The summed E-state index contributed by atoms with van der Waals surface area (Å²) >= 11 is 0. The highest BCUT2D eigenvalue weighted by Gasteiger charge is 2.22. The van der Waals surface area contributed by atoms with Crippen molar-refractivity contribution in [1.82, 2.24) is 20.2 Å². The molecule has 2 unspecified atom stereocenters. The second-order valence-electron chi connectivity index (χ2n) is 5.04. The first kappa shape index (κ1) is 11.3. The average molecular weight is 246 g/mol. The molecule has 6 heteroatoms. The van der Waals surface area contributed by atoms with Gasteiger partial charge in [-0.1, -0.05) is 6.92 Å². The van der Waals surface area contributed by atoms with Crippen molar-refractivity contribution in [3.05, 3.63) is 6.20 Å². The molecule has 0 radical (unpaired) electrons. The Hall–Kier alpha value is -1.85. The number of nitrogens with one attached hydrogen (secondary N) is 3. The van der Waals surface area contributed by atoms with Crippen LogP contribution in [0.15, 0.2) is 6.20 Å². The molecule has 3 rings (SSSR count). The molecule has 96 valence electrons. The van der Waals surface area contributed by atoms with Crippen molar-refractivity contribution in [3.63, 3.8) is 0 Å². The maximum Gasteiger partial charge on any atom is 0.226 e. The van der Waals surface area contributed by atoms with Crippen molar-refractivity contribution >= 4 is 22.8 Å². The first-order chi connectivity index (χ1) is 8.76. The van der Waals surface area contributed by atoms with Crippen molar-refractivity contribution in [1.29, 1.82) is 0 Å². The predicted octanol–water partition coefficient (Wildman–Crippen LogP) is 2.00. The van der Waals surface area contributed by atoms with Crippen molar-refractivity contribution in [2.75, 3.05) is 17.7 Å². The summed E-state index contributed by atoms with van der Waals surface area (Å²) in [7, 11) is 1.82. The summed E-state index contributed by atoms with van der Waals surface area (Å²) in [5, 5.41) is 14.4. The minimum atomic E-state index is 0.512. The summed E-state index contributed by atoms with van der Waals surface area (Å²) in [6.45, 7) is 2.30. The van der Waals surface area contributed by atoms with Crippen molar-refractivity contribution in [2.45, 2.75) is 32.2 Å². The van der Waals surface area contributed by atoms with E-state index in [2.05, 4.69) is 37.7 Å². The van der Waals surface area contributed by atoms with E-state index in [-0.39, 0.29) is 0 Å². The summed E-state index contributed by atoms with van der Waals surface area (Å²) in [6.07, 6.45) is 5.48. The van der Waals surface area contributed by atoms with Crippen LogP contribution in [-0.4, -0.2) is 33.3 Å². The Morgan fingerprint density at radius 2 is 2.22 bits per heavy atom. The molecule has 2 heterocycles. The average Bonchev–Trinajstić information content (AvgIpc) is 2.98. The minimum absolute atomic E-state index is 0.512. The molecule has 2 aromatic rings. The summed E-state index contributed by atoms with van der Waals surface area (Å²) in [6, 6.07) is 0.512. The van der Waals surface area contributed by atoms with Crippen LogP contribution < -0.4 is 10.6 Å². The summed E-state index contributed by atoms with van der Waals surface area (Å²) in [5.74, 6) is 2.28. The van der Waals surface area contributed by atoms with Crippen LogP contribution >= 0.6 is 0 Å². The molecule has 0 saturated heterocycles. The zero-order valence-corrected chi connectivity index (χ0v) is 10.7. The molecule has 1 saturated carbocycles. The number of hydrogen-bond donors (Lipinski definition) is 3. The second kappa shape index (κ2) is 4.44. The lowest BCUT2D eigenvalue weighted by Gasteiger charge is -2.14. The van der Waals surface area contributed by atoms with Gasteiger partial charge in [-0.05, 0) is 25.2 Å². The van der Waals surface area contributed by atoms with Crippen LogP contribution in [0.25, 0.3) is 11.0 Å². The van der Waals surface area contributed by atoms with Gasteiger partial charge >= 0.3 is 0 Å². The second-order valence-corrected chi connectivity index (χ2v) is 5.04. The maximum absolute atomic E-state index is 4.49. The van der Waals surface area contributed by atoms with E-state index in [1.165, 1.54) is 19.3 Å². The maximum atomic E-state index is 4.49. The van der Waals surface area contributed by atoms with Gasteiger partial charge in [0.15, 0.2) is 5.65 Å². The van der Waals surface area contributed by atoms with E-state index in [4.69, 9.17) is 0 Å².